The number of hydrogen-bond acceptors (Lipinski definition) is 10. The number of benzene rings is 2. The second-order valence-corrected chi connectivity index (χ2v) is 9.88. The monoisotopic (exact) mass is 613 g/mol. The van der Waals surface area contributed by atoms with Crippen LogP contribution in [0.4, 0.5) is 17.8 Å². The number of anilines is 3. The number of morpholine rings is 1. The molecule has 3 aromatic rings. The molecule has 5 rings (SSSR count). The molecule has 10 nitrogen and oxygen atoms in total. The number of carbonyl (C=O) groups is 1. The smallest absolute Gasteiger partial charge is 0.344 e. The Morgan fingerprint density at radius 2 is 1.68 bits per heavy atom. The summed E-state index contributed by atoms with van der Waals surface area (Å²) in [5, 5.41) is 4.35. The largest absolute Gasteiger partial charge is 0.423 e. The average Bonchev–Trinajstić information content (AvgIpc) is 2.94. The van der Waals surface area contributed by atoms with Crippen molar-refractivity contribution in [2.75, 3.05) is 54.6 Å². The molecular weight excluding hydrogens is 585 g/mol. The van der Waals surface area contributed by atoms with E-state index in [0.717, 1.165) is 48.2 Å². The van der Waals surface area contributed by atoms with Crippen LogP contribution in [-0.4, -0.2) is 66.5 Å². The summed E-state index contributed by atoms with van der Waals surface area (Å²) in [7, 11) is 0. The molecule has 2 aliphatic rings. The average molecular weight is 613 g/mol. The number of hydrazone groups is 1. The lowest BCUT2D eigenvalue weighted by Gasteiger charge is -2.30. The van der Waals surface area contributed by atoms with Crippen molar-refractivity contribution in [1.82, 2.24) is 15.0 Å². The maximum atomic E-state index is 12.6. The SMILES string of the molecule is O=C(Oc1cccc(/C=N\Nc2nc(N3CCCCC3)nc(N3CCOCC3)n2)c1)c1ccccc1I. The summed E-state index contributed by atoms with van der Waals surface area (Å²) in [6.45, 7) is 4.64. The Hall–Kier alpha value is -3.32. The molecule has 0 saturated carbocycles. The number of aromatic nitrogens is 3. The maximum Gasteiger partial charge on any atom is 0.344 e. The van der Waals surface area contributed by atoms with Gasteiger partial charge in [0.2, 0.25) is 17.8 Å². The molecule has 2 saturated heterocycles. The van der Waals surface area contributed by atoms with Gasteiger partial charge in [0, 0.05) is 29.7 Å². The highest BCUT2D eigenvalue weighted by Crippen LogP contribution is 2.21. The molecule has 1 aromatic heterocycles. The van der Waals surface area contributed by atoms with Gasteiger partial charge in [0.15, 0.2) is 0 Å². The fourth-order valence-electron chi connectivity index (χ4n) is 4.16. The third-order valence-corrected chi connectivity index (χ3v) is 7.03. The highest BCUT2D eigenvalue weighted by molar-refractivity contribution is 14.1. The summed E-state index contributed by atoms with van der Waals surface area (Å²) in [4.78, 5) is 30.9. The molecular formula is C26H28IN7O3. The van der Waals surface area contributed by atoms with Crippen LogP contribution in [0.15, 0.2) is 53.6 Å². The van der Waals surface area contributed by atoms with Crippen molar-refractivity contribution in [2.45, 2.75) is 19.3 Å². The summed E-state index contributed by atoms with van der Waals surface area (Å²) in [6.07, 6.45) is 5.13. The van der Waals surface area contributed by atoms with Crippen molar-refractivity contribution in [3.05, 3.63) is 63.2 Å². The van der Waals surface area contributed by atoms with Crippen LogP contribution in [0.25, 0.3) is 0 Å². The minimum atomic E-state index is -0.400. The summed E-state index contributed by atoms with van der Waals surface area (Å²) in [5.41, 5.74) is 4.25. The van der Waals surface area contributed by atoms with Crippen molar-refractivity contribution in [1.29, 1.82) is 0 Å². The van der Waals surface area contributed by atoms with E-state index in [1.807, 2.05) is 30.3 Å². The quantitative estimate of drug-likeness (QED) is 0.139. The second kappa shape index (κ2) is 12.3. The van der Waals surface area contributed by atoms with E-state index in [1.54, 1.807) is 24.4 Å². The number of rotatable bonds is 7. The first-order valence-electron chi connectivity index (χ1n) is 12.4. The second-order valence-electron chi connectivity index (χ2n) is 8.72. The Labute approximate surface area is 229 Å². The summed E-state index contributed by atoms with van der Waals surface area (Å²) in [6, 6.07) is 14.5. The number of halogens is 1. The van der Waals surface area contributed by atoms with Gasteiger partial charge in [0.25, 0.3) is 0 Å². The summed E-state index contributed by atoms with van der Waals surface area (Å²) >= 11 is 2.12. The zero-order valence-electron chi connectivity index (χ0n) is 20.3. The van der Waals surface area contributed by atoms with Crippen LogP contribution in [0.3, 0.4) is 0 Å². The first-order chi connectivity index (χ1) is 18.2. The van der Waals surface area contributed by atoms with E-state index in [-0.39, 0.29) is 0 Å². The third-order valence-electron chi connectivity index (χ3n) is 6.09. The van der Waals surface area contributed by atoms with Gasteiger partial charge >= 0.3 is 5.97 Å². The molecule has 192 valence electrons. The zero-order valence-corrected chi connectivity index (χ0v) is 22.5. The van der Waals surface area contributed by atoms with Gasteiger partial charge in [-0.2, -0.15) is 20.1 Å². The van der Waals surface area contributed by atoms with Crippen LogP contribution in [0, 0.1) is 3.57 Å². The molecule has 2 aromatic carbocycles. The van der Waals surface area contributed by atoms with E-state index in [9.17, 15) is 4.79 Å². The first-order valence-corrected chi connectivity index (χ1v) is 13.4. The number of nitrogens with one attached hydrogen (secondary N) is 1. The lowest BCUT2D eigenvalue weighted by Crippen LogP contribution is -2.38. The zero-order chi connectivity index (χ0) is 25.5. The minimum absolute atomic E-state index is 0.384. The number of carbonyl (C=O) groups excluding carboxylic acids is 1. The highest BCUT2D eigenvalue weighted by Gasteiger charge is 2.20. The van der Waals surface area contributed by atoms with E-state index < -0.39 is 5.97 Å². The van der Waals surface area contributed by atoms with Crippen molar-refractivity contribution >= 4 is 52.6 Å². The van der Waals surface area contributed by atoms with Crippen LogP contribution in [0.5, 0.6) is 5.75 Å². The molecule has 1 N–H and O–H groups in total. The van der Waals surface area contributed by atoms with E-state index in [0.29, 0.717) is 42.4 Å². The van der Waals surface area contributed by atoms with Crippen LogP contribution in [0.2, 0.25) is 0 Å². The van der Waals surface area contributed by atoms with E-state index in [4.69, 9.17) is 14.5 Å². The molecule has 0 radical (unpaired) electrons. The Balaban J connectivity index is 1.30. The molecule has 3 heterocycles. The number of hydrogen-bond donors (Lipinski definition) is 1. The van der Waals surface area contributed by atoms with Gasteiger partial charge in [0.05, 0.1) is 25.0 Å². The van der Waals surface area contributed by atoms with Crippen molar-refractivity contribution < 1.29 is 14.3 Å². The van der Waals surface area contributed by atoms with E-state index in [2.05, 4.69) is 52.9 Å². The van der Waals surface area contributed by atoms with Crippen LogP contribution in [-0.2, 0) is 4.74 Å². The lowest BCUT2D eigenvalue weighted by atomic mass is 10.1. The van der Waals surface area contributed by atoms with Gasteiger partial charge in [-0.1, -0.05) is 24.3 Å². The number of piperidine rings is 1. The van der Waals surface area contributed by atoms with E-state index >= 15 is 0 Å². The Bertz CT molecular complexity index is 1220. The number of esters is 1. The fraction of sp³-hybridized carbons (Fsp3) is 0.346. The third kappa shape index (κ3) is 6.72. The molecule has 0 bridgehead atoms. The molecule has 2 fully saturated rings. The van der Waals surface area contributed by atoms with Gasteiger partial charge in [-0.05, 0) is 71.7 Å². The van der Waals surface area contributed by atoms with Crippen LogP contribution >= 0.6 is 22.6 Å². The van der Waals surface area contributed by atoms with Crippen molar-refractivity contribution in [3.8, 4) is 5.75 Å². The van der Waals surface area contributed by atoms with Gasteiger partial charge in [0.1, 0.15) is 5.75 Å². The Morgan fingerprint density at radius 1 is 0.946 bits per heavy atom. The molecule has 0 atom stereocenters. The Morgan fingerprint density at radius 3 is 2.43 bits per heavy atom. The van der Waals surface area contributed by atoms with Crippen LogP contribution < -0.4 is 20.0 Å². The van der Waals surface area contributed by atoms with Crippen LogP contribution in [0.1, 0.15) is 35.2 Å². The van der Waals surface area contributed by atoms with Crippen molar-refractivity contribution in [2.24, 2.45) is 5.10 Å². The lowest BCUT2D eigenvalue weighted by molar-refractivity contribution is 0.0733. The maximum absolute atomic E-state index is 12.6. The predicted molar refractivity (Wildman–Crippen MR) is 151 cm³/mol. The van der Waals surface area contributed by atoms with Crippen molar-refractivity contribution in [3.63, 3.8) is 0 Å². The summed E-state index contributed by atoms with van der Waals surface area (Å²) in [5.74, 6) is 1.72. The van der Waals surface area contributed by atoms with Gasteiger partial charge < -0.3 is 19.3 Å². The molecule has 0 aliphatic carbocycles. The minimum Gasteiger partial charge on any atom is -0.423 e. The summed E-state index contributed by atoms with van der Waals surface area (Å²) < 4.78 is 11.9. The fourth-order valence-corrected chi connectivity index (χ4v) is 4.76. The predicted octanol–water partition coefficient (Wildman–Crippen LogP) is 3.97. The van der Waals surface area contributed by atoms with Gasteiger partial charge in [-0.3, -0.25) is 0 Å². The number of nitrogens with zero attached hydrogens (tertiary/aromatic N) is 6. The standard InChI is InChI=1S/C26H28IN7O3/c27-22-10-3-2-9-21(22)23(35)37-20-8-6-7-19(17-20)18-28-32-24-29-25(33-11-4-1-5-12-33)31-26(30-24)34-13-15-36-16-14-34/h2-3,6-10,17-18H,1,4-5,11-16H2,(H,29,30,31,32)/b28-18-. The highest BCUT2D eigenvalue weighted by atomic mass is 127. The molecule has 0 amide bonds. The normalized spacial score (nSPS) is 16.1. The molecule has 37 heavy (non-hydrogen) atoms. The molecule has 0 unspecified atom stereocenters. The molecule has 11 heteroatoms. The molecule has 0 spiro atoms. The molecule has 2 aliphatic heterocycles. The number of ether oxygens (including phenoxy) is 2. The topological polar surface area (TPSA) is 105 Å². The Kier molecular flexibility index (Phi) is 8.41. The first kappa shape index (κ1) is 25.3. The van der Waals surface area contributed by atoms with E-state index in [1.165, 1.54) is 6.42 Å². The van der Waals surface area contributed by atoms with Gasteiger partial charge in [-0.25, -0.2) is 10.2 Å². The van der Waals surface area contributed by atoms with Gasteiger partial charge in [-0.15, -0.1) is 0 Å².